The molecular formula is C8H20N2O. The smallest absolute Gasteiger partial charge is 0.214 e. The van der Waals surface area contributed by atoms with Gasteiger partial charge in [0.15, 0.2) is 0 Å². The predicted molar refractivity (Wildman–Crippen MR) is 48.3 cm³/mol. The lowest BCUT2D eigenvalue weighted by molar-refractivity contribution is -0.115. The second-order valence-corrected chi connectivity index (χ2v) is 2.23. The van der Waals surface area contributed by atoms with Crippen molar-refractivity contribution >= 4 is 5.91 Å². The van der Waals surface area contributed by atoms with Gasteiger partial charge in [-0.15, -0.1) is 0 Å². The summed E-state index contributed by atoms with van der Waals surface area (Å²) in [7, 11) is 0. The second kappa shape index (κ2) is 9.43. The van der Waals surface area contributed by atoms with Crippen LogP contribution in [0.3, 0.4) is 0 Å². The summed E-state index contributed by atoms with van der Waals surface area (Å²) < 4.78 is 0. The normalized spacial score (nSPS) is 8.82. The van der Waals surface area contributed by atoms with Crippen molar-refractivity contribution in [2.75, 3.05) is 19.6 Å². The first-order valence-electron chi connectivity index (χ1n) is 4.06. The monoisotopic (exact) mass is 160 g/mol. The third-order valence-electron chi connectivity index (χ3n) is 1.34. The summed E-state index contributed by atoms with van der Waals surface area (Å²) in [5.74, 6) is -0.333. The van der Waals surface area contributed by atoms with Crippen LogP contribution in [0, 0.1) is 0 Å². The van der Waals surface area contributed by atoms with Crippen molar-refractivity contribution in [1.82, 2.24) is 4.90 Å². The molecule has 3 nitrogen and oxygen atoms in total. The van der Waals surface area contributed by atoms with Gasteiger partial charge in [0, 0.05) is 6.92 Å². The summed E-state index contributed by atoms with van der Waals surface area (Å²) >= 11 is 0. The number of hydrogen-bond acceptors (Lipinski definition) is 2. The van der Waals surface area contributed by atoms with E-state index in [-0.39, 0.29) is 5.91 Å². The summed E-state index contributed by atoms with van der Waals surface area (Å²) in [4.78, 5) is 11.6. The molecule has 0 aliphatic carbocycles. The van der Waals surface area contributed by atoms with Crippen LogP contribution in [-0.4, -0.2) is 30.4 Å². The van der Waals surface area contributed by atoms with E-state index in [4.69, 9.17) is 0 Å². The molecule has 0 aromatic carbocycles. The Morgan fingerprint density at radius 3 is 1.36 bits per heavy atom. The topological polar surface area (TPSA) is 46.3 Å². The fourth-order valence-electron chi connectivity index (χ4n) is 0.671. The van der Waals surface area contributed by atoms with Crippen LogP contribution in [0.4, 0.5) is 0 Å². The first kappa shape index (κ1) is 13.1. The van der Waals surface area contributed by atoms with Crippen molar-refractivity contribution in [1.29, 1.82) is 0 Å². The van der Waals surface area contributed by atoms with Gasteiger partial charge in [-0.25, -0.2) is 0 Å². The van der Waals surface area contributed by atoms with E-state index in [2.05, 4.69) is 31.4 Å². The summed E-state index contributed by atoms with van der Waals surface area (Å²) in [6.07, 6.45) is 0. The van der Waals surface area contributed by atoms with E-state index >= 15 is 0 Å². The molecule has 3 heteroatoms. The molecule has 0 radical (unpaired) electrons. The van der Waals surface area contributed by atoms with Crippen molar-refractivity contribution in [3.8, 4) is 0 Å². The third kappa shape index (κ3) is 17.7. The van der Waals surface area contributed by atoms with Gasteiger partial charge in [-0.3, -0.25) is 4.79 Å². The summed E-state index contributed by atoms with van der Waals surface area (Å²) in [5.41, 5.74) is 4.47. The molecule has 0 fully saturated rings. The molecule has 0 heterocycles. The van der Waals surface area contributed by atoms with Crippen LogP contribution in [0.1, 0.15) is 27.7 Å². The van der Waals surface area contributed by atoms with Gasteiger partial charge in [-0.1, -0.05) is 20.8 Å². The van der Waals surface area contributed by atoms with E-state index in [9.17, 15) is 4.79 Å². The Morgan fingerprint density at radius 1 is 1.18 bits per heavy atom. The van der Waals surface area contributed by atoms with Gasteiger partial charge >= 0.3 is 0 Å². The zero-order valence-electron chi connectivity index (χ0n) is 8.05. The fourth-order valence-corrected chi connectivity index (χ4v) is 0.671. The van der Waals surface area contributed by atoms with Crippen LogP contribution in [0.2, 0.25) is 0 Å². The van der Waals surface area contributed by atoms with E-state index in [1.165, 1.54) is 26.6 Å². The zero-order valence-corrected chi connectivity index (χ0v) is 8.05. The van der Waals surface area contributed by atoms with Crippen molar-refractivity contribution in [2.45, 2.75) is 27.7 Å². The standard InChI is InChI=1S/C6H15N.C2H5NO/c1-4-7(5-2)6-3;1-2(3)4/h4-6H2,1-3H3;1H3,(H2,3,4). The predicted octanol–water partition coefficient (Wildman–Crippen LogP) is 0.840. The maximum Gasteiger partial charge on any atom is 0.214 e. The number of carbonyl (C=O) groups is 1. The van der Waals surface area contributed by atoms with Crippen molar-refractivity contribution in [3.05, 3.63) is 0 Å². The molecule has 0 rings (SSSR count). The molecule has 1 amide bonds. The highest BCUT2D eigenvalue weighted by molar-refractivity contribution is 5.70. The Kier molecular flexibility index (Phi) is 11.2. The van der Waals surface area contributed by atoms with Gasteiger partial charge < -0.3 is 10.6 Å². The third-order valence-corrected chi connectivity index (χ3v) is 1.34. The van der Waals surface area contributed by atoms with Crippen LogP contribution < -0.4 is 5.73 Å². The summed E-state index contributed by atoms with van der Waals surface area (Å²) in [6, 6.07) is 0. The number of primary amides is 1. The summed E-state index contributed by atoms with van der Waals surface area (Å²) in [6.45, 7) is 11.4. The van der Waals surface area contributed by atoms with Gasteiger partial charge in [0.05, 0.1) is 0 Å². The lowest BCUT2D eigenvalue weighted by atomic mass is 10.5. The van der Waals surface area contributed by atoms with Crippen LogP contribution in [0.25, 0.3) is 0 Å². The van der Waals surface area contributed by atoms with Crippen molar-refractivity contribution < 1.29 is 4.79 Å². The lowest BCUT2D eigenvalue weighted by Gasteiger charge is -2.13. The minimum atomic E-state index is -0.333. The van der Waals surface area contributed by atoms with Gasteiger partial charge in [-0.2, -0.15) is 0 Å². The number of nitrogens with two attached hydrogens (primary N) is 1. The molecule has 11 heavy (non-hydrogen) atoms. The molecule has 0 aromatic heterocycles. The summed E-state index contributed by atoms with van der Waals surface area (Å²) in [5, 5.41) is 0. The average molecular weight is 160 g/mol. The number of carbonyl (C=O) groups excluding carboxylic acids is 1. The van der Waals surface area contributed by atoms with E-state index in [1.807, 2.05) is 0 Å². The minimum Gasteiger partial charge on any atom is -0.370 e. The fraction of sp³-hybridized carbons (Fsp3) is 0.875. The number of hydrogen-bond donors (Lipinski definition) is 1. The molecule has 0 aromatic rings. The van der Waals surface area contributed by atoms with Gasteiger partial charge in [0.25, 0.3) is 0 Å². The Bertz CT molecular complexity index is 80.6. The lowest BCUT2D eigenvalue weighted by Crippen LogP contribution is -2.21. The van der Waals surface area contributed by atoms with Crippen LogP contribution >= 0.6 is 0 Å². The van der Waals surface area contributed by atoms with Gasteiger partial charge in [0.1, 0.15) is 0 Å². The van der Waals surface area contributed by atoms with Crippen molar-refractivity contribution in [3.63, 3.8) is 0 Å². The van der Waals surface area contributed by atoms with E-state index in [1.54, 1.807) is 0 Å². The first-order valence-corrected chi connectivity index (χ1v) is 4.06. The Hall–Kier alpha value is -0.570. The van der Waals surface area contributed by atoms with Crippen LogP contribution in [-0.2, 0) is 4.79 Å². The Morgan fingerprint density at radius 2 is 1.36 bits per heavy atom. The molecule has 0 bridgehead atoms. The molecule has 0 saturated heterocycles. The number of amides is 1. The first-order chi connectivity index (χ1) is 5.08. The van der Waals surface area contributed by atoms with E-state index < -0.39 is 0 Å². The van der Waals surface area contributed by atoms with Gasteiger partial charge in [0.2, 0.25) is 5.91 Å². The molecule has 2 N–H and O–H groups in total. The molecule has 0 aliphatic heterocycles. The Labute approximate surface area is 69.6 Å². The highest BCUT2D eigenvalue weighted by Gasteiger charge is 1.89. The highest BCUT2D eigenvalue weighted by Crippen LogP contribution is 1.81. The molecule has 68 valence electrons. The molecule has 0 unspecified atom stereocenters. The molecular weight excluding hydrogens is 140 g/mol. The maximum atomic E-state index is 9.22. The molecule has 0 saturated carbocycles. The average Bonchev–Trinajstić information content (AvgIpc) is 1.90. The van der Waals surface area contributed by atoms with Gasteiger partial charge in [-0.05, 0) is 19.6 Å². The van der Waals surface area contributed by atoms with E-state index in [0.717, 1.165) is 0 Å². The highest BCUT2D eigenvalue weighted by atomic mass is 16.1. The molecule has 0 aliphatic rings. The minimum absolute atomic E-state index is 0.333. The molecule has 0 spiro atoms. The zero-order chi connectivity index (χ0) is 9.28. The Balaban J connectivity index is 0. The second-order valence-electron chi connectivity index (χ2n) is 2.23. The van der Waals surface area contributed by atoms with E-state index in [0.29, 0.717) is 0 Å². The molecule has 0 atom stereocenters. The quantitative estimate of drug-likeness (QED) is 0.665. The maximum absolute atomic E-state index is 9.22. The number of rotatable bonds is 3. The van der Waals surface area contributed by atoms with Crippen molar-refractivity contribution in [2.24, 2.45) is 5.73 Å². The van der Waals surface area contributed by atoms with Crippen LogP contribution in [0.15, 0.2) is 0 Å². The van der Waals surface area contributed by atoms with Crippen LogP contribution in [0.5, 0.6) is 0 Å². The number of nitrogens with zero attached hydrogens (tertiary/aromatic N) is 1. The largest absolute Gasteiger partial charge is 0.370 e. The SMILES string of the molecule is CC(N)=O.CCN(CC)CC.